The van der Waals surface area contributed by atoms with Gasteiger partial charge in [0.15, 0.2) is 0 Å². The quantitative estimate of drug-likeness (QED) is 0.773. The highest BCUT2D eigenvalue weighted by molar-refractivity contribution is 6.63. The summed E-state index contributed by atoms with van der Waals surface area (Å²) in [6.45, 7) is 12.2. The third kappa shape index (κ3) is 3.12. The molecule has 0 aliphatic carbocycles. The number of rotatable bonds is 3. The molecule has 3 heterocycles. The molecule has 2 aliphatic rings. The fraction of sp³-hybridized carbons (Fsp3) is 0.706. The molecule has 3 rings (SSSR count). The number of pyridine rings is 1. The van der Waals surface area contributed by atoms with Crippen molar-refractivity contribution in [2.75, 3.05) is 45.2 Å². The number of likely N-dealkylation sites (N-methyl/N-ethyl adjacent to an activating group) is 1. The first-order valence-electron chi connectivity index (χ1n) is 8.57. The number of piperazine rings is 1. The molecule has 2 aliphatic heterocycles. The number of anilines is 1. The molecule has 0 spiro atoms. The minimum absolute atomic E-state index is 0.376. The van der Waals surface area contributed by atoms with E-state index in [9.17, 15) is 0 Å². The third-order valence-electron chi connectivity index (χ3n) is 5.40. The molecule has 1 aromatic heterocycles. The van der Waals surface area contributed by atoms with Crippen LogP contribution in [0.1, 0.15) is 27.7 Å². The van der Waals surface area contributed by atoms with Crippen LogP contribution < -0.4 is 15.1 Å². The lowest BCUT2D eigenvalue weighted by Crippen LogP contribution is -2.45. The Morgan fingerprint density at radius 3 is 2.17 bits per heavy atom. The summed E-state index contributed by atoms with van der Waals surface area (Å²) in [5.74, 6) is 1.52. The fourth-order valence-corrected chi connectivity index (χ4v) is 2.97. The predicted molar refractivity (Wildman–Crippen MR) is 96.2 cm³/mol. The van der Waals surface area contributed by atoms with Gasteiger partial charge in [0.25, 0.3) is 0 Å². The first-order chi connectivity index (χ1) is 11.2. The molecule has 0 amide bonds. The molecule has 0 aromatic carbocycles. The Morgan fingerprint density at radius 2 is 1.62 bits per heavy atom. The smallest absolute Gasteiger partial charge is 0.481 e. The van der Waals surface area contributed by atoms with Crippen molar-refractivity contribution in [3.8, 4) is 5.88 Å². The van der Waals surface area contributed by atoms with Gasteiger partial charge in [-0.05, 0) is 40.8 Å². The summed E-state index contributed by atoms with van der Waals surface area (Å²) >= 11 is 0. The van der Waals surface area contributed by atoms with Gasteiger partial charge in [-0.3, -0.25) is 0 Å². The third-order valence-corrected chi connectivity index (χ3v) is 5.40. The van der Waals surface area contributed by atoms with Gasteiger partial charge in [0.1, 0.15) is 5.82 Å². The van der Waals surface area contributed by atoms with Gasteiger partial charge < -0.3 is 23.8 Å². The van der Waals surface area contributed by atoms with Crippen LogP contribution in [0.3, 0.4) is 0 Å². The number of methoxy groups -OCH3 is 1. The van der Waals surface area contributed by atoms with Crippen LogP contribution in [0.15, 0.2) is 12.1 Å². The Bertz CT molecular complexity index is 585. The second-order valence-corrected chi connectivity index (χ2v) is 7.65. The summed E-state index contributed by atoms with van der Waals surface area (Å²) in [4.78, 5) is 9.32. The molecule has 132 valence electrons. The van der Waals surface area contributed by atoms with E-state index in [0.717, 1.165) is 37.5 Å². The predicted octanol–water partition coefficient (Wildman–Crippen LogP) is 1.14. The average Bonchev–Trinajstić information content (AvgIpc) is 2.75. The Balaban J connectivity index is 1.83. The largest absolute Gasteiger partial charge is 0.500 e. The van der Waals surface area contributed by atoms with Gasteiger partial charge in [0.2, 0.25) is 5.88 Å². The zero-order valence-electron chi connectivity index (χ0n) is 15.6. The lowest BCUT2D eigenvalue weighted by Gasteiger charge is -2.33. The number of aromatic nitrogens is 1. The highest BCUT2D eigenvalue weighted by atomic mass is 16.7. The van der Waals surface area contributed by atoms with Crippen molar-refractivity contribution < 1.29 is 14.0 Å². The van der Waals surface area contributed by atoms with Crippen molar-refractivity contribution in [1.82, 2.24) is 9.88 Å². The van der Waals surface area contributed by atoms with E-state index in [2.05, 4.69) is 16.8 Å². The number of hydrogen-bond donors (Lipinski definition) is 0. The van der Waals surface area contributed by atoms with E-state index in [1.54, 1.807) is 7.11 Å². The molecule has 0 atom stereocenters. The number of nitrogens with zero attached hydrogens (tertiary/aromatic N) is 3. The van der Waals surface area contributed by atoms with Crippen molar-refractivity contribution in [1.29, 1.82) is 0 Å². The van der Waals surface area contributed by atoms with Crippen LogP contribution in [0.2, 0.25) is 0 Å². The lowest BCUT2D eigenvalue weighted by molar-refractivity contribution is 0.00578. The molecule has 2 saturated heterocycles. The Hall–Kier alpha value is -1.31. The Labute approximate surface area is 145 Å². The van der Waals surface area contributed by atoms with E-state index in [0.29, 0.717) is 5.88 Å². The van der Waals surface area contributed by atoms with E-state index in [1.165, 1.54) is 0 Å². The standard InChI is InChI=1S/C17H28BN3O3/c1-16(2)17(3,4)24-18(23-16)13-7-8-14(19-15(13)22-6)21-11-9-20(5)10-12-21/h7-8H,9-12H2,1-6H3. The molecule has 7 heteroatoms. The maximum absolute atomic E-state index is 6.13. The van der Waals surface area contributed by atoms with Crippen LogP contribution in [0.5, 0.6) is 5.88 Å². The average molecular weight is 333 g/mol. The summed E-state index contributed by atoms with van der Waals surface area (Å²) in [6, 6.07) is 4.05. The summed E-state index contributed by atoms with van der Waals surface area (Å²) in [6.07, 6.45) is 0. The summed E-state index contributed by atoms with van der Waals surface area (Å²) in [5, 5.41) is 0. The van der Waals surface area contributed by atoms with Gasteiger partial charge in [-0.15, -0.1) is 0 Å². The van der Waals surface area contributed by atoms with E-state index in [-0.39, 0.29) is 11.2 Å². The topological polar surface area (TPSA) is 47.1 Å². The van der Waals surface area contributed by atoms with Gasteiger partial charge in [0, 0.05) is 31.6 Å². The Morgan fingerprint density at radius 1 is 1.04 bits per heavy atom. The maximum atomic E-state index is 6.13. The Kier molecular flexibility index (Phi) is 4.53. The van der Waals surface area contributed by atoms with E-state index in [4.69, 9.17) is 19.0 Å². The summed E-state index contributed by atoms with van der Waals surface area (Å²) in [7, 11) is 3.33. The molecule has 0 radical (unpaired) electrons. The first-order valence-corrected chi connectivity index (χ1v) is 8.57. The van der Waals surface area contributed by atoms with E-state index < -0.39 is 7.12 Å². The molecule has 24 heavy (non-hydrogen) atoms. The molecule has 1 aromatic rings. The van der Waals surface area contributed by atoms with E-state index in [1.807, 2.05) is 39.8 Å². The second kappa shape index (κ2) is 6.21. The fourth-order valence-electron chi connectivity index (χ4n) is 2.97. The maximum Gasteiger partial charge on any atom is 0.500 e. The molecular formula is C17H28BN3O3. The minimum atomic E-state index is -0.459. The van der Waals surface area contributed by atoms with Gasteiger partial charge in [-0.2, -0.15) is 4.98 Å². The van der Waals surface area contributed by atoms with Gasteiger partial charge in [-0.1, -0.05) is 6.07 Å². The van der Waals surface area contributed by atoms with Crippen molar-refractivity contribution in [2.24, 2.45) is 0 Å². The second-order valence-electron chi connectivity index (χ2n) is 7.65. The van der Waals surface area contributed by atoms with Gasteiger partial charge >= 0.3 is 7.12 Å². The first kappa shape index (κ1) is 17.5. The zero-order valence-corrected chi connectivity index (χ0v) is 15.6. The highest BCUT2D eigenvalue weighted by Crippen LogP contribution is 2.37. The summed E-state index contributed by atoms with van der Waals surface area (Å²) in [5.41, 5.74) is 0.0893. The van der Waals surface area contributed by atoms with Crippen LogP contribution in [0.25, 0.3) is 0 Å². The van der Waals surface area contributed by atoms with Crippen LogP contribution in [0, 0.1) is 0 Å². The molecule has 0 unspecified atom stereocenters. The molecular weight excluding hydrogens is 305 g/mol. The molecule has 6 nitrogen and oxygen atoms in total. The zero-order chi connectivity index (χ0) is 17.5. The monoisotopic (exact) mass is 333 g/mol. The number of hydrogen-bond acceptors (Lipinski definition) is 6. The minimum Gasteiger partial charge on any atom is -0.481 e. The van der Waals surface area contributed by atoms with Crippen molar-refractivity contribution in [2.45, 2.75) is 38.9 Å². The van der Waals surface area contributed by atoms with Crippen LogP contribution in [-0.4, -0.2) is 68.5 Å². The van der Waals surface area contributed by atoms with Crippen LogP contribution >= 0.6 is 0 Å². The van der Waals surface area contributed by atoms with Crippen molar-refractivity contribution in [3.63, 3.8) is 0 Å². The molecule has 0 N–H and O–H groups in total. The molecule has 0 bridgehead atoms. The van der Waals surface area contributed by atoms with Gasteiger partial charge in [-0.25, -0.2) is 0 Å². The van der Waals surface area contributed by atoms with Crippen LogP contribution in [-0.2, 0) is 9.31 Å². The molecule has 0 saturated carbocycles. The normalized spacial score (nSPS) is 23.6. The van der Waals surface area contributed by atoms with Gasteiger partial charge in [0.05, 0.1) is 18.3 Å². The van der Waals surface area contributed by atoms with E-state index >= 15 is 0 Å². The lowest BCUT2D eigenvalue weighted by atomic mass is 9.79. The highest BCUT2D eigenvalue weighted by Gasteiger charge is 2.52. The van der Waals surface area contributed by atoms with Crippen molar-refractivity contribution >= 4 is 18.4 Å². The number of ether oxygens (including phenoxy) is 1. The summed E-state index contributed by atoms with van der Waals surface area (Å²) < 4.78 is 17.8. The SMILES string of the molecule is COc1nc(N2CCN(C)CC2)ccc1B1OC(C)(C)C(C)(C)O1. The van der Waals surface area contributed by atoms with Crippen molar-refractivity contribution in [3.05, 3.63) is 12.1 Å². The van der Waals surface area contributed by atoms with Crippen LogP contribution in [0.4, 0.5) is 5.82 Å². The molecule has 2 fully saturated rings.